The second-order valence-electron chi connectivity index (χ2n) is 2.04. The molecular weight excluding hydrogens is 146 g/mol. The third kappa shape index (κ3) is 3.24. The van der Waals surface area contributed by atoms with Crippen molar-refractivity contribution in [1.82, 2.24) is 0 Å². The van der Waals surface area contributed by atoms with Gasteiger partial charge in [-0.15, -0.1) is 0 Å². The van der Waals surface area contributed by atoms with Gasteiger partial charge in [0.1, 0.15) is 0 Å². The van der Waals surface area contributed by atoms with Crippen molar-refractivity contribution in [1.29, 1.82) is 0 Å². The fourth-order valence-corrected chi connectivity index (χ4v) is 0.798. The van der Waals surface area contributed by atoms with Crippen LogP contribution in [-0.4, -0.2) is 7.05 Å². The van der Waals surface area contributed by atoms with Gasteiger partial charge in [0.25, 0.3) is 0 Å². The first-order chi connectivity index (χ1) is 5.86. The Morgan fingerprint density at radius 2 is 2.08 bits per heavy atom. The van der Waals surface area contributed by atoms with Crippen molar-refractivity contribution in [3.05, 3.63) is 36.4 Å². The molecule has 0 spiro atoms. The Kier molecular flexibility index (Phi) is 5.80. The van der Waals surface area contributed by atoms with Gasteiger partial charge < -0.3 is 5.32 Å². The SMILES string of the molecule is CC.[CH]=Cc1cccc(NC)c1.[HH]. The van der Waals surface area contributed by atoms with Crippen LogP contribution in [0.15, 0.2) is 24.3 Å². The largest absolute Gasteiger partial charge is 0.388 e. The van der Waals surface area contributed by atoms with E-state index in [0.29, 0.717) is 0 Å². The van der Waals surface area contributed by atoms with Crippen LogP contribution in [0.4, 0.5) is 5.69 Å². The summed E-state index contributed by atoms with van der Waals surface area (Å²) in [5, 5.41) is 3.03. The molecule has 67 valence electrons. The summed E-state index contributed by atoms with van der Waals surface area (Å²) in [5.74, 6) is 0. The molecule has 1 aromatic carbocycles. The summed E-state index contributed by atoms with van der Waals surface area (Å²) in [6.07, 6.45) is 1.58. The zero-order chi connectivity index (χ0) is 9.40. The van der Waals surface area contributed by atoms with Crippen molar-refractivity contribution in [2.75, 3.05) is 12.4 Å². The van der Waals surface area contributed by atoms with Crippen LogP contribution in [0.25, 0.3) is 6.08 Å². The molecule has 12 heavy (non-hydrogen) atoms. The van der Waals surface area contributed by atoms with Crippen LogP contribution in [-0.2, 0) is 0 Å². The van der Waals surface area contributed by atoms with Gasteiger partial charge in [-0.05, 0) is 17.7 Å². The molecule has 1 rings (SSSR count). The third-order valence-electron chi connectivity index (χ3n) is 1.37. The Morgan fingerprint density at radius 1 is 1.42 bits per heavy atom. The second-order valence-corrected chi connectivity index (χ2v) is 2.04. The molecule has 1 aromatic rings. The molecule has 0 unspecified atom stereocenters. The first kappa shape index (κ1) is 10.8. The summed E-state index contributed by atoms with van der Waals surface area (Å²) in [4.78, 5) is 0. The predicted octanol–water partition coefficient (Wildman–Crippen LogP) is 3.45. The Morgan fingerprint density at radius 3 is 2.58 bits per heavy atom. The topological polar surface area (TPSA) is 12.0 Å². The second kappa shape index (κ2) is 6.47. The molecular formula is C11H18N. The van der Waals surface area contributed by atoms with Crippen LogP contribution in [0.1, 0.15) is 20.8 Å². The van der Waals surface area contributed by atoms with Crippen molar-refractivity contribution < 1.29 is 1.43 Å². The number of anilines is 1. The van der Waals surface area contributed by atoms with E-state index in [4.69, 9.17) is 6.58 Å². The van der Waals surface area contributed by atoms with E-state index < -0.39 is 0 Å². The van der Waals surface area contributed by atoms with Crippen molar-refractivity contribution in [2.45, 2.75) is 13.8 Å². The van der Waals surface area contributed by atoms with E-state index in [1.807, 2.05) is 45.2 Å². The molecule has 0 aliphatic carbocycles. The minimum Gasteiger partial charge on any atom is -0.388 e. The maximum Gasteiger partial charge on any atom is 0.0343 e. The lowest BCUT2D eigenvalue weighted by molar-refractivity contribution is 1.50. The van der Waals surface area contributed by atoms with Gasteiger partial charge in [0.05, 0.1) is 0 Å². The molecule has 0 bridgehead atoms. The zero-order valence-corrected chi connectivity index (χ0v) is 7.96. The summed E-state index contributed by atoms with van der Waals surface area (Å²) in [7, 11) is 1.88. The van der Waals surface area contributed by atoms with Crippen molar-refractivity contribution >= 4 is 11.8 Å². The van der Waals surface area contributed by atoms with Gasteiger partial charge in [0.2, 0.25) is 0 Å². The highest BCUT2D eigenvalue weighted by Gasteiger charge is 1.86. The summed E-state index contributed by atoms with van der Waals surface area (Å²) >= 11 is 0. The molecule has 0 atom stereocenters. The van der Waals surface area contributed by atoms with E-state index in [-0.39, 0.29) is 1.43 Å². The van der Waals surface area contributed by atoms with E-state index in [0.717, 1.165) is 11.3 Å². The molecule has 1 heteroatoms. The predicted molar refractivity (Wildman–Crippen MR) is 58.2 cm³/mol. The average Bonchev–Trinajstić information content (AvgIpc) is 2.21. The van der Waals surface area contributed by atoms with Gasteiger partial charge in [-0.1, -0.05) is 38.6 Å². The molecule has 0 heterocycles. The van der Waals surface area contributed by atoms with Crippen LogP contribution in [0.3, 0.4) is 0 Å². The fourth-order valence-electron chi connectivity index (χ4n) is 0.798. The minimum absolute atomic E-state index is 0. The molecule has 1 nitrogen and oxygen atoms in total. The third-order valence-corrected chi connectivity index (χ3v) is 1.37. The quantitative estimate of drug-likeness (QED) is 0.706. The molecule has 0 saturated heterocycles. The van der Waals surface area contributed by atoms with E-state index in [9.17, 15) is 0 Å². The van der Waals surface area contributed by atoms with E-state index in [2.05, 4.69) is 5.32 Å². The van der Waals surface area contributed by atoms with Crippen molar-refractivity contribution in [3.8, 4) is 0 Å². The molecule has 0 fully saturated rings. The molecule has 1 N–H and O–H groups in total. The Hall–Kier alpha value is -1.24. The number of hydrogen-bond donors (Lipinski definition) is 1. The van der Waals surface area contributed by atoms with Crippen molar-refractivity contribution in [3.63, 3.8) is 0 Å². The monoisotopic (exact) mass is 164 g/mol. The number of hydrogen-bond acceptors (Lipinski definition) is 1. The summed E-state index contributed by atoms with van der Waals surface area (Å²) < 4.78 is 0. The lowest BCUT2D eigenvalue weighted by atomic mass is 10.2. The molecule has 0 saturated carbocycles. The average molecular weight is 164 g/mol. The highest BCUT2D eigenvalue weighted by molar-refractivity contribution is 5.54. The van der Waals surface area contributed by atoms with Gasteiger partial charge in [0.15, 0.2) is 0 Å². The number of nitrogens with one attached hydrogen (secondary N) is 1. The lowest BCUT2D eigenvalue weighted by Gasteiger charge is -1.98. The highest BCUT2D eigenvalue weighted by Crippen LogP contribution is 2.09. The maximum absolute atomic E-state index is 5.32. The smallest absolute Gasteiger partial charge is 0.0343 e. The van der Waals surface area contributed by atoms with Crippen LogP contribution >= 0.6 is 0 Å². The molecule has 1 radical (unpaired) electrons. The van der Waals surface area contributed by atoms with E-state index in [1.54, 1.807) is 6.08 Å². The van der Waals surface area contributed by atoms with Crippen LogP contribution < -0.4 is 5.32 Å². The highest BCUT2D eigenvalue weighted by atomic mass is 14.8. The molecule has 0 aliphatic heterocycles. The van der Waals surface area contributed by atoms with E-state index in [1.165, 1.54) is 0 Å². The number of rotatable bonds is 2. The van der Waals surface area contributed by atoms with Crippen LogP contribution in [0, 0.1) is 6.58 Å². The van der Waals surface area contributed by atoms with Gasteiger partial charge in [0, 0.05) is 14.2 Å². The molecule has 0 aliphatic rings. The number of benzene rings is 1. The van der Waals surface area contributed by atoms with Crippen LogP contribution in [0.2, 0.25) is 0 Å². The van der Waals surface area contributed by atoms with Crippen molar-refractivity contribution in [2.24, 2.45) is 0 Å². The van der Waals surface area contributed by atoms with Gasteiger partial charge in [-0.2, -0.15) is 0 Å². The lowest BCUT2D eigenvalue weighted by Crippen LogP contribution is -1.86. The standard InChI is InChI=1S/C9H10N.C2H6.H2/c1-3-8-5-4-6-9(7-8)10-2;1-2;/h1,3-7,10H,2H3;1-2H3;1H. The van der Waals surface area contributed by atoms with Gasteiger partial charge in [-0.25, -0.2) is 0 Å². The Bertz CT molecular complexity index is 233. The zero-order valence-electron chi connectivity index (χ0n) is 7.96. The van der Waals surface area contributed by atoms with E-state index >= 15 is 0 Å². The molecule has 0 amide bonds. The first-order valence-electron chi connectivity index (χ1n) is 4.19. The summed E-state index contributed by atoms with van der Waals surface area (Å²) in [6.45, 7) is 9.32. The van der Waals surface area contributed by atoms with Gasteiger partial charge >= 0.3 is 0 Å². The maximum atomic E-state index is 5.32. The molecule has 0 aromatic heterocycles. The first-order valence-corrected chi connectivity index (χ1v) is 4.19. The Balaban J connectivity index is 0. The summed E-state index contributed by atoms with van der Waals surface area (Å²) in [6, 6.07) is 7.90. The summed E-state index contributed by atoms with van der Waals surface area (Å²) in [5.41, 5.74) is 2.12. The van der Waals surface area contributed by atoms with Gasteiger partial charge in [-0.3, -0.25) is 0 Å². The van der Waals surface area contributed by atoms with Crippen LogP contribution in [0.5, 0.6) is 0 Å². The normalized spacial score (nSPS) is 7.92. The fraction of sp³-hybridized carbons (Fsp3) is 0.273. The Labute approximate surface area is 76.6 Å². The minimum atomic E-state index is 0.